The average molecular weight is 1210 g/mol. The van der Waals surface area contributed by atoms with E-state index in [0.29, 0.717) is 44.5 Å². The van der Waals surface area contributed by atoms with Gasteiger partial charge in [-0.1, -0.05) is 127 Å². The lowest BCUT2D eigenvalue weighted by atomic mass is 9.99. The number of aliphatic hydroxyl groups is 1. The molecule has 5 aromatic carbocycles. The summed E-state index contributed by atoms with van der Waals surface area (Å²) in [5.41, 5.74) is 16.7. The summed E-state index contributed by atoms with van der Waals surface area (Å²) < 4.78 is 0. The standard InChI is InChI=1S/C64H75N11O11S/c1-38(76)56(62(83)73-54(64(85)86)32-42-22-10-5-11-23-42)75(39(2)77)63(84)50(28-16-17-29-65)69-59(80)52(33-43-35-67-48-26-14-12-24-45(43)48)72-60(81)53(34-44-36-68-49-27-15-13-25-46(44)49)71-58(79)51(31-41-20-8-4-9-21-41)70-61(82)55(37-87)74-57(78)47(66)30-40-18-6-3-7-19-40/h3-15,18-27,35-36,38,47,50-56,67-68,76,87H,16-17,28-34,37,65-66H2,1-2H3,(H,69,80)(H,70,82)(H,71,79)(H,72,81)(H,73,83)(H,74,78)(H,85,86)/t38-,47-,50+,51+,52-,53+,54+,55+,56+/m1/s1. The smallest absolute Gasteiger partial charge is 0.326 e. The molecule has 0 bridgehead atoms. The molecule has 0 aliphatic rings. The summed E-state index contributed by atoms with van der Waals surface area (Å²) in [6, 6.07) is 29.0. The molecule has 22 nitrogen and oxygen atoms in total. The van der Waals surface area contributed by atoms with Gasteiger partial charge in [0.25, 0.3) is 5.91 Å². The van der Waals surface area contributed by atoms with E-state index in [9.17, 15) is 43.8 Å². The predicted molar refractivity (Wildman–Crippen MR) is 331 cm³/mol. The molecular weight excluding hydrogens is 1130 g/mol. The molecule has 7 rings (SSSR count). The first kappa shape index (κ1) is 65.4. The topological polar surface area (TPSA) is 353 Å². The van der Waals surface area contributed by atoms with Gasteiger partial charge in [-0.2, -0.15) is 12.6 Å². The van der Waals surface area contributed by atoms with E-state index >= 15 is 9.59 Å². The summed E-state index contributed by atoms with van der Waals surface area (Å²) in [6.45, 7) is 2.32. The molecule has 7 aromatic rings. The van der Waals surface area contributed by atoms with Crippen molar-refractivity contribution in [1.29, 1.82) is 0 Å². The summed E-state index contributed by atoms with van der Waals surface area (Å²) in [7, 11) is 0. The number of aromatic amines is 2. The van der Waals surface area contributed by atoms with E-state index in [1.54, 1.807) is 85.2 Å². The number of aliphatic hydroxyl groups excluding tert-OH is 1. The molecule has 2 aromatic heterocycles. The number of nitrogens with zero attached hydrogens (tertiary/aromatic N) is 1. The van der Waals surface area contributed by atoms with Crippen LogP contribution in [0.25, 0.3) is 21.8 Å². The van der Waals surface area contributed by atoms with E-state index in [4.69, 9.17) is 11.5 Å². The van der Waals surface area contributed by atoms with Crippen molar-refractivity contribution >= 4 is 87.7 Å². The fraction of sp³-hybridized carbons (Fsp3) is 0.328. The van der Waals surface area contributed by atoms with Gasteiger partial charge < -0.3 is 63.5 Å². The number of rotatable bonds is 31. The molecule has 87 heavy (non-hydrogen) atoms. The maximum Gasteiger partial charge on any atom is 0.326 e. The number of imide groups is 1. The van der Waals surface area contributed by atoms with Gasteiger partial charge in [0.15, 0.2) is 0 Å². The van der Waals surface area contributed by atoms with Crippen LogP contribution in [0.1, 0.15) is 60.9 Å². The van der Waals surface area contributed by atoms with E-state index in [1.807, 2.05) is 66.7 Å². The van der Waals surface area contributed by atoms with Crippen molar-refractivity contribution in [1.82, 2.24) is 46.8 Å². The van der Waals surface area contributed by atoms with Gasteiger partial charge in [0.2, 0.25) is 41.4 Å². The zero-order valence-electron chi connectivity index (χ0n) is 48.3. The largest absolute Gasteiger partial charge is 0.480 e. The fourth-order valence-corrected chi connectivity index (χ4v) is 10.6. The van der Waals surface area contributed by atoms with Gasteiger partial charge in [-0.05, 0) is 79.1 Å². The first-order chi connectivity index (χ1) is 41.8. The Morgan fingerprint density at radius 3 is 1.33 bits per heavy atom. The molecule has 8 amide bonds. The summed E-state index contributed by atoms with van der Waals surface area (Å²) in [4.78, 5) is 135. The third-order valence-electron chi connectivity index (χ3n) is 14.9. The molecule has 9 atom stereocenters. The number of carboxylic acid groups (broad SMARTS) is 1. The second kappa shape index (κ2) is 31.8. The van der Waals surface area contributed by atoms with Crippen molar-refractivity contribution in [3.05, 3.63) is 180 Å². The summed E-state index contributed by atoms with van der Waals surface area (Å²) in [5.74, 6) is -8.87. The minimum absolute atomic E-state index is 0.0750. The summed E-state index contributed by atoms with van der Waals surface area (Å²) >= 11 is 4.37. The quantitative estimate of drug-likeness (QED) is 0.0220. The fourth-order valence-electron chi connectivity index (χ4n) is 10.3. The lowest BCUT2D eigenvalue weighted by molar-refractivity contribution is -0.157. The van der Waals surface area contributed by atoms with Crippen LogP contribution in [0.3, 0.4) is 0 Å². The van der Waals surface area contributed by atoms with Crippen molar-refractivity contribution in [2.45, 2.75) is 120 Å². The molecule has 0 saturated heterocycles. The maximum atomic E-state index is 15.3. The van der Waals surface area contributed by atoms with Gasteiger partial charge in [-0.25, -0.2) is 4.79 Å². The number of hydrogen-bond donors (Lipinski definition) is 13. The van der Waals surface area contributed by atoms with E-state index in [2.05, 4.69) is 54.5 Å². The minimum atomic E-state index is -1.97. The van der Waals surface area contributed by atoms with Crippen molar-refractivity contribution in [2.24, 2.45) is 11.5 Å². The van der Waals surface area contributed by atoms with E-state index in [1.165, 1.54) is 0 Å². The number of H-pyrrole nitrogens is 2. The van der Waals surface area contributed by atoms with Gasteiger partial charge in [-0.3, -0.25) is 43.3 Å². The van der Waals surface area contributed by atoms with E-state index < -0.39 is 108 Å². The third kappa shape index (κ3) is 18.2. The van der Waals surface area contributed by atoms with Crippen LogP contribution >= 0.6 is 12.6 Å². The monoisotopic (exact) mass is 1210 g/mol. The average Bonchev–Trinajstić information content (AvgIpc) is 3.83. The number of para-hydroxylation sites is 2. The number of benzene rings is 5. The number of aromatic nitrogens is 2. The Morgan fingerprint density at radius 2 is 0.897 bits per heavy atom. The van der Waals surface area contributed by atoms with Gasteiger partial charge in [0, 0.05) is 72.6 Å². The molecule has 458 valence electrons. The molecule has 0 aliphatic carbocycles. The molecule has 0 fully saturated rings. The molecular formula is C64H75N11O11S. The van der Waals surface area contributed by atoms with Crippen molar-refractivity contribution < 1.29 is 53.4 Å². The first-order valence-electron chi connectivity index (χ1n) is 28.7. The van der Waals surface area contributed by atoms with Gasteiger partial charge in [0.05, 0.1) is 12.1 Å². The van der Waals surface area contributed by atoms with Crippen LogP contribution in [-0.4, -0.2) is 145 Å². The Hall–Kier alpha value is -9.16. The number of hydrogen-bond acceptors (Lipinski definition) is 13. The third-order valence-corrected chi connectivity index (χ3v) is 15.2. The summed E-state index contributed by atoms with van der Waals surface area (Å²) in [6.07, 6.45) is 1.58. The normalized spacial score (nSPS) is 14.4. The zero-order valence-corrected chi connectivity index (χ0v) is 49.2. The molecule has 2 heterocycles. The Bertz CT molecular complexity index is 3490. The number of thiol groups is 1. The second-order valence-electron chi connectivity index (χ2n) is 21.4. The Morgan fingerprint density at radius 1 is 0.506 bits per heavy atom. The molecule has 0 unspecified atom stereocenters. The van der Waals surface area contributed by atoms with Crippen molar-refractivity contribution in [3.8, 4) is 0 Å². The number of carboxylic acids is 1. The highest BCUT2D eigenvalue weighted by molar-refractivity contribution is 7.80. The van der Waals surface area contributed by atoms with E-state index in [-0.39, 0.29) is 57.2 Å². The minimum Gasteiger partial charge on any atom is -0.480 e. The second-order valence-corrected chi connectivity index (χ2v) is 21.8. The van der Waals surface area contributed by atoms with Crippen LogP contribution in [0.5, 0.6) is 0 Å². The van der Waals surface area contributed by atoms with Gasteiger partial charge in [0.1, 0.15) is 42.3 Å². The highest BCUT2D eigenvalue weighted by Gasteiger charge is 2.42. The van der Waals surface area contributed by atoms with Crippen LogP contribution in [0.15, 0.2) is 152 Å². The number of carbonyl (C=O) groups is 9. The molecule has 0 radical (unpaired) electrons. The molecule has 23 heteroatoms. The first-order valence-corrected chi connectivity index (χ1v) is 29.3. The SMILES string of the molecule is CC(=O)N(C(=O)[C@H](CCCCN)NC(=O)[C@@H](Cc1c[nH]c2ccccc12)NC(=O)[C@H](Cc1c[nH]c2ccccc12)NC(=O)[C@H](Cc1ccccc1)NC(=O)[C@H](CS)NC(=O)[C@H](N)Cc1ccccc1)[C@H](C(=O)N[C@@H](Cc1ccccc1)C(=O)O)[C@@H](C)O. The van der Waals surface area contributed by atoms with E-state index in [0.717, 1.165) is 30.3 Å². The van der Waals surface area contributed by atoms with Gasteiger partial charge in [-0.15, -0.1) is 0 Å². The number of nitrogens with one attached hydrogen (secondary N) is 8. The van der Waals surface area contributed by atoms with Crippen LogP contribution < -0.4 is 43.4 Å². The van der Waals surface area contributed by atoms with Crippen LogP contribution in [0.2, 0.25) is 0 Å². The molecule has 0 saturated carbocycles. The number of unbranched alkanes of at least 4 members (excludes halogenated alkanes) is 1. The number of nitrogens with two attached hydrogens (primary N) is 2. The van der Waals surface area contributed by atoms with Crippen LogP contribution in [-0.2, 0) is 75.3 Å². The van der Waals surface area contributed by atoms with Crippen molar-refractivity contribution in [2.75, 3.05) is 12.3 Å². The Labute approximate surface area is 508 Å². The number of fused-ring (bicyclic) bond motifs is 2. The highest BCUT2D eigenvalue weighted by Crippen LogP contribution is 2.23. The maximum absolute atomic E-state index is 15.3. The Kier molecular flexibility index (Phi) is 23.9. The Balaban J connectivity index is 1.20. The molecule has 14 N–H and O–H groups in total. The lowest BCUT2D eigenvalue weighted by Crippen LogP contribution is -2.63. The number of amides is 8. The highest BCUT2D eigenvalue weighted by atomic mass is 32.1. The lowest BCUT2D eigenvalue weighted by Gasteiger charge is -2.34. The zero-order chi connectivity index (χ0) is 62.6. The summed E-state index contributed by atoms with van der Waals surface area (Å²) in [5, 5.41) is 38.9. The predicted octanol–water partition coefficient (Wildman–Crippen LogP) is 2.67. The number of aliphatic carboxylic acids is 1. The van der Waals surface area contributed by atoms with Gasteiger partial charge >= 0.3 is 5.97 Å². The molecule has 0 spiro atoms. The van der Waals surface area contributed by atoms with Crippen molar-refractivity contribution in [3.63, 3.8) is 0 Å². The molecule has 0 aliphatic heterocycles. The van der Waals surface area contributed by atoms with Crippen LogP contribution in [0, 0.1) is 0 Å². The number of carbonyl (C=O) groups excluding carboxylic acids is 8. The van der Waals surface area contributed by atoms with Crippen LogP contribution in [0.4, 0.5) is 0 Å².